The zero-order chi connectivity index (χ0) is 14.0. The zero-order valence-electron chi connectivity index (χ0n) is 11.5. The normalized spacial score (nSPS) is 12.7. The number of nitrogens with two attached hydrogens (primary N) is 1. The molecule has 0 bridgehead atoms. The largest absolute Gasteiger partial charge is 0.324 e. The van der Waals surface area contributed by atoms with Gasteiger partial charge in [-0.3, -0.25) is 4.68 Å². The highest BCUT2D eigenvalue weighted by Crippen LogP contribution is 2.26. The Morgan fingerprint density at radius 2 is 1.95 bits per heavy atom. The van der Waals surface area contributed by atoms with E-state index < -0.39 is 0 Å². The highest BCUT2D eigenvalue weighted by molar-refractivity contribution is 9.10. The molecule has 0 saturated heterocycles. The molecule has 1 heterocycles. The molecule has 0 amide bonds. The van der Waals surface area contributed by atoms with E-state index in [1.54, 1.807) is 6.33 Å². The fraction of sp³-hybridized carbons (Fsp3) is 0.429. The lowest BCUT2D eigenvalue weighted by Gasteiger charge is -2.15. The van der Waals surface area contributed by atoms with Gasteiger partial charge in [-0.2, -0.15) is 5.10 Å². The van der Waals surface area contributed by atoms with Crippen LogP contribution in [0.1, 0.15) is 35.5 Å². The Labute approximate surface area is 122 Å². The van der Waals surface area contributed by atoms with E-state index in [-0.39, 0.29) is 6.04 Å². The number of hydrogen-bond acceptors (Lipinski definition) is 3. The van der Waals surface area contributed by atoms with Crippen molar-refractivity contribution < 1.29 is 0 Å². The van der Waals surface area contributed by atoms with E-state index in [0.717, 1.165) is 22.4 Å². The molecule has 0 saturated carbocycles. The Morgan fingerprint density at radius 3 is 2.53 bits per heavy atom. The Morgan fingerprint density at radius 1 is 1.32 bits per heavy atom. The predicted octanol–water partition coefficient (Wildman–Crippen LogP) is 2.92. The van der Waals surface area contributed by atoms with E-state index in [1.165, 1.54) is 11.1 Å². The number of hydrogen-bond donors (Lipinski definition) is 1. The van der Waals surface area contributed by atoms with Gasteiger partial charge in [0, 0.05) is 23.5 Å². The van der Waals surface area contributed by atoms with Crippen molar-refractivity contribution in [3.63, 3.8) is 0 Å². The first-order valence-electron chi connectivity index (χ1n) is 6.41. The van der Waals surface area contributed by atoms with Crippen molar-refractivity contribution in [1.82, 2.24) is 14.8 Å². The van der Waals surface area contributed by atoms with Crippen molar-refractivity contribution in [2.45, 2.75) is 39.8 Å². The van der Waals surface area contributed by atoms with Gasteiger partial charge < -0.3 is 5.73 Å². The molecule has 1 atom stereocenters. The number of halogens is 1. The summed E-state index contributed by atoms with van der Waals surface area (Å²) in [5.74, 6) is 0.938. The second kappa shape index (κ2) is 5.84. The summed E-state index contributed by atoms with van der Waals surface area (Å²) in [6.45, 7) is 7.04. The van der Waals surface area contributed by atoms with Crippen molar-refractivity contribution in [1.29, 1.82) is 0 Å². The van der Waals surface area contributed by atoms with Gasteiger partial charge in [0.15, 0.2) is 0 Å². The zero-order valence-corrected chi connectivity index (χ0v) is 13.1. The Bertz CT molecular complexity index is 554. The molecule has 0 aliphatic carbocycles. The van der Waals surface area contributed by atoms with E-state index in [0.29, 0.717) is 6.42 Å². The maximum Gasteiger partial charge on any atom is 0.138 e. The average molecular weight is 323 g/mol. The van der Waals surface area contributed by atoms with Gasteiger partial charge in [-0.05, 0) is 37.5 Å². The standard InChI is InChI=1S/C14H19BrN4/c1-4-19-13(17-8-18-19)7-12(16)11-5-9(2)14(15)10(3)6-11/h5-6,8,12H,4,7,16H2,1-3H3. The Kier molecular flexibility index (Phi) is 4.37. The molecule has 0 aliphatic rings. The summed E-state index contributed by atoms with van der Waals surface area (Å²) in [5.41, 5.74) is 9.86. The number of benzene rings is 1. The van der Waals surface area contributed by atoms with Crippen LogP contribution in [0.25, 0.3) is 0 Å². The van der Waals surface area contributed by atoms with Crippen LogP contribution in [0, 0.1) is 13.8 Å². The summed E-state index contributed by atoms with van der Waals surface area (Å²) in [6.07, 6.45) is 2.29. The Hall–Kier alpha value is -1.20. The molecule has 0 spiro atoms. The van der Waals surface area contributed by atoms with E-state index in [9.17, 15) is 0 Å². The van der Waals surface area contributed by atoms with Gasteiger partial charge in [0.1, 0.15) is 12.2 Å². The van der Waals surface area contributed by atoms with Crippen LogP contribution in [0.15, 0.2) is 22.9 Å². The molecule has 102 valence electrons. The van der Waals surface area contributed by atoms with Crippen molar-refractivity contribution in [3.05, 3.63) is 45.4 Å². The molecule has 1 aromatic heterocycles. The number of rotatable bonds is 4. The van der Waals surface area contributed by atoms with Crippen LogP contribution in [0.2, 0.25) is 0 Å². The molecule has 1 unspecified atom stereocenters. The first-order chi connectivity index (χ1) is 9.02. The lowest BCUT2D eigenvalue weighted by molar-refractivity contribution is 0.581. The van der Waals surface area contributed by atoms with Crippen molar-refractivity contribution in [2.75, 3.05) is 0 Å². The SMILES string of the molecule is CCn1ncnc1CC(N)c1cc(C)c(Br)c(C)c1. The lowest BCUT2D eigenvalue weighted by Crippen LogP contribution is -2.17. The molecular weight excluding hydrogens is 304 g/mol. The van der Waals surface area contributed by atoms with E-state index >= 15 is 0 Å². The third-order valence-corrected chi connectivity index (χ3v) is 4.54. The maximum atomic E-state index is 6.30. The van der Waals surface area contributed by atoms with Crippen LogP contribution in [0.4, 0.5) is 0 Å². The molecule has 0 fully saturated rings. The second-order valence-electron chi connectivity index (χ2n) is 4.77. The van der Waals surface area contributed by atoms with Crippen LogP contribution in [0.3, 0.4) is 0 Å². The summed E-state index contributed by atoms with van der Waals surface area (Å²) in [6, 6.07) is 4.21. The molecule has 0 aliphatic heterocycles. The third kappa shape index (κ3) is 3.04. The summed E-state index contributed by atoms with van der Waals surface area (Å²) in [5, 5.41) is 4.17. The van der Waals surface area contributed by atoms with Gasteiger partial charge in [0.25, 0.3) is 0 Å². The van der Waals surface area contributed by atoms with Gasteiger partial charge >= 0.3 is 0 Å². The van der Waals surface area contributed by atoms with Gasteiger partial charge in [-0.15, -0.1) is 0 Å². The van der Waals surface area contributed by atoms with Crippen molar-refractivity contribution >= 4 is 15.9 Å². The molecule has 2 rings (SSSR count). The van der Waals surface area contributed by atoms with Gasteiger partial charge in [-0.25, -0.2) is 4.98 Å². The fourth-order valence-corrected chi connectivity index (χ4v) is 2.45. The summed E-state index contributed by atoms with van der Waals surface area (Å²) in [7, 11) is 0. The molecule has 2 N–H and O–H groups in total. The molecule has 1 aromatic carbocycles. The van der Waals surface area contributed by atoms with E-state index in [2.05, 4.69) is 58.9 Å². The number of aryl methyl sites for hydroxylation is 3. The fourth-order valence-electron chi connectivity index (χ4n) is 2.22. The molecule has 4 nitrogen and oxygen atoms in total. The monoisotopic (exact) mass is 322 g/mol. The van der Waals surface area contributed by atoms with Crippen LogP contribution >= 0.6 is 15.9 Å². The van der Waals surface area contributed by atoms with Gasteiger partial charge in [0.2, 0.25) is 0 Å². The Balaban J connectivity index is 2.23. The van der Waals surface area contributed by atoms with Gasteiger partial charge in [-0.1, -0.05) is 28.1 Å². The topological polar surface area (TPSA) is 56.7 Å². The second-order valence-corrected chi connectivity index (χ2v) is 5.56. The first kappa shape index (κ1) is 14.2. The highest BCUT2D eigenvalue weighted by Gasteiger charge is 2.13. The van der Waals surface area contributed by atoms with Crippen LogP contribution in [0.5, 0.6) is 0 Å². The molecule has 19 heavy (non-hydrogen) atoms. The summed E-state index contributed by atoms with van der Waals surface area (Å²) >= 11 is 3.58. The average Bonchev–Trinajstić information content (AvgIpc) is 2.82. The van der Waals surface area contributed by atoms with Gasteiger partial charge in [0.05, 0.1) is 0 Å². The van der Waals surface area contributed by atoms with Crippen molar-refractivity contribution in [3.8, 4) is 0 Å². The molecular formula is C14H19BrN4. The minimum absolute atomic E-state index is 0.0556. The van der Waals surface area contributed by atoms with E-state index in [1.807, 2.05) is 4.68 Å². The molecule has 2 aromatic rings. The first-order valence-corrected chi connectivity index (χ1v) is 7.21. The summed E-state index contributed by atoms with van der Waals surface area (Å²) < 4.78 is 3.04. The van der Waals surface area contributed by atoms with Crippen LogP contribution in [-0.4, -0.2) is 14.8 Å². The van der Waals surface area contributed by atoms with Crippen molar-refractivity contribution in [2.24, 2.45) is 5.73 Å². The number of nitrogens with zero attached hydrogens (tertiary/aromatic N) is 3. The number of aromatic nitrogens is 3. The minimum atomic E-state index is -0.0556. The lowest BCUT2D eigenvalue weighted by atomic mass is 9.99. The smallest absolute Gasteiger partial charge is 0.138 e. The maximum absolute atomic E-state index is 6.30. The van der Waals surface area contributed by atoms with Crippen LogP contribution < -0.4 is 5.73 Å². The quantitative estimate of drug-likeness (QED) is 0.941. The minimum Gasteiger partial charge on any atom is -0.324 e. The molecule has 0 radical (unpaired) electrons. The highest BCUT2D eigenvalue weighted by atomic mass is 79.9. The predicted molar refractivity (Wildman–Crippen MR) is 79.9 cm³/mol. The van der Waals surface area contributed by atoms with Crippen LogP contribution in [-0.2, 0) is 13.0 Å². The summed E-state index contributed by atoms with van der Waals surface area (Å²) in [4.78, 5) is 4.28. The third-order valence-electron chi connectivity index (χ3n) is 3.28. The van der Waals surface area contributed by atoms with E-state index in [4.69, 9.17) is 5.73 Å². The molecule has 5 heteroatoms.